The van der Waals surface area contributed by atoms with Crippen molar-refractivity contribution < 1.29 is 4.79 Å². The van der Waals surface area contributed by atoms with Crippen molar-refractivity contribution in [2.24, 2.45) is 0 Å². The average Bonchev–Trinajstić information content (AvgIpc) is 2.67. The van der Waals surface area contributed by atoms with E-state index in [2.05, 4.69) is 11.4 Å². The maximum absolute atomic E-state index is 12.3. The molecular formula is C19H13N3OS2. The molecule has 0 bridgehead atoms. The van der Waals surface area contributed by atoms with E-state index in [-0.39, 0.29) is 16.9 Å². The Kier molecular flexibility index (Phi) is 5.45. The van der Waals surface area contributed by atoms with Crippen LogP contribution in [0.2, 0.25) is 0 Å². The molecule has 1 N–H and O–H groups in total. The van der Waals surface area contributed by atoms with Crippen molar-refractivity contribution >= 4 is 29.4 Å². The number of hydrogen-bond donors (Lipinski definition) is 1. The van der Waals surface area contributed by atoms with Gasteiger partial charge in [-0.25, -0.2) is 0 Å². The first-order chi connectivity index (χ1) is 12.2. The van der Waals surface area contributed by atoms with Crippen LogP contribution in [0, 0.1) is 22.7 Å². The Morgan fingerprint density at radius 3 is 2.40 bits per heavy atom. The van der Waals surface area contributed by atoms with E-state index >= 15 is 0 Å². The molecule has 0 saturated carbocycles. The lowest BCUT2D eigenvalue weighted by Crippen LogP contribution is -2.31. The molecule has 0 aliphatic carbocycles. The Labute approximate surface area is 154 Å². The summed E-state index contributed by atoms with van der Waals surface area (Å²) in [5.74, 6) is 0.341. The van der Waals surface area contributed by atoms with Crippen LogP contribution >= 0.6 is 23.5 Å². The summed E-state index contributed by atoms with van der Waals surface area (Å²) in [6.45, 7) is 0. The third kappa shape index (κ3) is 4.06. The number of benzene rings is 2. The molecular weight excluding hydrogens is 350 g/mol. The minimum atomic E-state index is -0.355. The summed E-state index contributed by atoms with van der Waals surface area (Å²) < 4.78 is 0.726. The number of nitriles is 2. The standard InChI is InChI=1S/C19H13N3OS2/c20-10-13-6-8-15(9-7-13)18-22-17(23)16(11-21)19(25-18)24-12-14-4-2-1-3-5-14/h1-9,18H,12H2,(H,22,23). The zero-order valence-electron chi connectivity index (χ0n) is 13.1. The van der Waals surface area contributed by atoms with Gasteiger partial charge in [0.15, 0.2) is 0 Å². The van der Waals surface area contributed by atoms with Gasteiger partial charge in [-0.1, -0.05) is 54.2 Å². The molecule has 1 amide bonds. The molecule has 1 atom stereocenters. The van der Waals surface area contributed by atoms with Crippen molar-refractivity contribution in [2.45, 2.75) is 11.1 Å². The molecule has 25 heavy (non-hydrogen) atoms. The van der Waals surface area contributed by atoms with Gasteiger partial charge >= 0.3 is 0 Å². The fourth-order valence-electron chi connectivity index (χ4n) is 2.29. The van der Waals surface area contributed by atoms with Crippen LogP contribution in [-0.2, 0) is 10.5 Å². The highest BCUT2D eigenvalue weighted by atomic mass is 32.2. The van der Waals surface area contributed by atoms with Crippen LogP contribution in [0.15, 0.2) is 64.4 Å². The topological polar surface area (TPSA) is 76.7 Å². The van der Waals surface area contributed by atoms with Gasteiger partial charge in [0.05, 0.1) is 15.9 Å². The Bertz CT molecular complexity index is 893. The lowest BCUT2D eigenvalue weighted by Gasteiger charge is -2.25. The predicted molar refractivity (Wildman–Crippen MR) is 100 cm³/mol. The number of carbonyl (C=O) groups is 1. The van der Waals surface area contributed by atoms with Crippen molar-refractivity contribution in [3.63, 3.8) is 0 Å². The van der Waals surface area contributed by atoms with Gasteiger partial charge in [-0.2, -0.15) is 10.5 Å². The van der Waals surface area contributed by atoms with Crippen molar-refractivity contribution in [3.8, 4) is 12.1 Å². The lowest BCUT2D eigenvalue weighted by molar-refractivity contribution is -0.117. The molecule has 1 aliphatic heterocycles. The molecule has 0 fully saturated rings. The van der Waals surface area contributed by atoms with Crippen molar-refractivity contribution in [1.82, 2.24) is 5.32 Å². The van der Waals surface area contributed by atoms with Crippen LogP contribution in [0.25, 0.3) is 0 Å². The smallest absolute Gasteiger partial charge is 0.264 e. The van der Waals surface area contributed by atoms with E-state index in [0.717, 1.165) is 15.4 Å². The second kappa shape index (κ2) is 7.94. The van der Waals surface area contributed by atoms with Crippen LogP contribution in [0.5, 0.6) is 0 Å². The highest BCUT2D eigenvalue weighted by Crippen LogP contribution is 2.44. The monoisotopic (exact) mass is 363 g/mol. The number of rotatable bonds is 4. The Balaban J connectivity index is 1.80. The molecule has 1 heterocycles. The summed E-state index contributed by atoms with van der Waals surface area (Å²) >= 11 is 2.96. The summed E-state index contributed by atoms with van der Waals surface area (Å²) in [7, 11) is 0. The molecule has 1 aliphatic rings. The molecule has 0 aromatic heterocycles. The first-order valence-electron chi connectivity index (χ1n) is 7.50. The minimum absolute atomic E-state index is 0.163. The normalized spacial score (nSPS) is 16.7. The van der Waals surface area contributed by atoms with Crippen LogP contribution in [-0.4, -0.2) is 5.91 Å². The van der Waals surface area contributed by atoms with Gasteiger partial charge in [0.25, 0.3) is 5.91 Å². The van der Waals surface area contributed by atoms with Crippen LogP contribution in [0.3, 0.4) is 0 Å². The molecule has 2 aromatic rings. The molecule has 1 unspecified atom stereocenters. The zero-order valence-corrected chi connectivity index (χ0v) is 14.7. The van der Waals surface area contributed by atoms with E-state index in [1.165, 1.54) is 23.5 Å². The van der Waals surface area contributed by atoms with Gasteiger partial charge in [0.2, 0.25) is 0 Å². The van der Waals surface area contributed by atoms with E-state index < -0.39 is 0 Å². The van der Waals surface area contributed by atoms with E-state index in [0.29, 0.717) is 11.3 Å². The fraction of sp³-hybridized carbons (Fsp3) is 0.105. The van der Waals surface area contributed by atoms with Crippen LogP contribution in [0.1, 0.15) is 22.1 Å². The molecule has 2 aromatic carbocycles. The predicted octanol–water partition coefficient (Wildman–Crippen LogP) is 4.09. The maximum atomic E-state index is 12.3. The third-order valence-corrected chi connectivity index (χ3v) is 6.22. The molecule has 0 spiro atoms. The molecule has 0 radical (unpaired) electrons. The minimum Gasteiger partial charge on any atom is -0.335 e. The number of thioether (sulfide) groups is 2. The zero-order chi connectivity index (χ0) is 17.6. The van der Waals surface area contributed by atoms with Gasteiger partial charge in [0.1, 0.15) is 17.0 Å². The highest BCUT2D eigenvalue weighted by molar-refractivity contribution is 8.22. The number of nitrogens with zero attached hydrogens (tertiary/aromatic N) is 2. The highest BCUT2D eigenvalue weighted by Gasteiger charge is 2.29. The first kappa shape index (κ1) is 17.2. The van der Waals surface area contributed by atoms with Crippen molar-refractivity contribution in [3.05, 3.63) is 81.1 Å². The van der Waals surface area contributed by atoms with E-state index in [9.17, 15) is 10.1 Å². The second-order valence-electron chi connectivity index (χ2n) is 5.25. The number of amides is 1. The maximum Gasteiger partial charge on any atom is 0.264 e. The number of nitrogens with one attached hydrogen (secondary N) is 1. The van der Waals surface area contributed by atoms with Gasteiger partial charge in [-0.3, -0.25) is 4.79 Å². The Hall–Kier alpha value is -2.67. The SMILES string of the molecule is N#CC1=C(SCc2ccccc2)SC(c2ccc(C#N)cc2)NC1=O. The summed E-state index contributed by atoms with van der Waals surface area (Å²) in [4.78, 5) is 12.3. The molecule has 6 heteroatoms. The second-order valence-corrected chi connectivity index (χ2v) is 7.61. The van der Waals surface area contributed by atoms with E-state index in [4.69, 9.17) is 5.26 Å². The van der Waals surface area contributed by atoms with Gasteiger partial charge in [-0.05, 0) is 23.3 Å². The van der Waals surface area contributed by atoms with Gasteiger partial charge in [0, 0.05) is 5.75 Å². The number of hydrogen-bond acceptors (Lipinski definition) is 5. The van der Waals surface area contributed by atoms with E-state index in [1.807, 2.05) is 48.5 Å². The molecule has 4 nitrogen and oxygen atoms in total. The summed E-state index contributed by atoms with van der Waals surface area (Å²) in [5, 5.41) is 20.8. The van der Waals surface area contributed by atoms with Crippen LogP contribution < -0.4 is 5.32 Å². The lowest BCUT2D eigenvalue weighted by atomic mass is 10.1. The van der Waals surface area contributed by atoms with Gasteiger partial charge < -0.3 is 5.32 Å². The summed E-state index contributed by atoms with van der Waals surface area (Å²) in [6, 6.07) is 21.1. The molecule has 0 saturated heterocycles. The Morgan fingerprint density at radius 1 is 1.04 bits per heavy atom. The van der Waals surface area contributed by atoms with Crippen molar-refractivity contribution in [2.75, 3.05) is 0 Å². The largest absolute Gasteiger partial charge is 0.335 e. The van der Waals surface area contributed by atoms with Crippen LogP contribution in [0.4, 0.5) is 0 Å². The van der Waals surface area contributed by atoms with Crippen molar-refractivity contribution in [1.29, 1.82) is 10.5 Å². The molecule has 3 rings (SSSR count). The fourth-order valence-corrected chi connectivity index (χ4v) is 4.73. The average molecular weight is 363 g/mol. The Morgan fingerprint density at radius 2 is 1.76 bits per heavy atom. The number of carbonyl (C=O) groups excluding carboxylic acids is 1. The summed E-state index contributed by atoms with van der Waals surface area (Å²) in [5.41, 5.74) is 2.77. The summed E-state index contributed by atoms with van der Waals surface area (Å²) in [6.07, 6.45) is 0. The van der Waals surface area contributed by atoms with E-state index in [1.54, 1.807) is 12.1 Å². The molecule has 122 valence electrons. The third-order valence-electron chi connectivity index (χ3n) is 3.59. The first-order valence-corrected chi connectivity index (χ1v) is 9.36. The van der Waals surface area contributed by atoms with Gasteiger partial charge in [-0.15, -0.1) is 11.8 Å². The quantitative estimate of drug-likeness (QED) is 0.885.